The number of nitrogens with zero attached hydrogens (tertiary/aromatic N) is 3. The first-order chi connectivity index (χ1) is 12.9. The van der Waals surface area contributed by atoms with E-state index in [1.165, 1.54) is 18.1 Å². The van der Waals surface area contributed by atoms with Crippen LogP contribution in [-0.2, 0) is 4.74 Å². The van der Waals surface area contributed by atoms with Crippen molar-refractivity contribution in [1.82, 2.24) is 14.7 Å². The molecule has 0 aromatic heterocycles. The molecule has 2 atom stereocenters. The van der Waals surface area contributed by atoms with Crippen LogP contribution in [0.1, 0.15) is 13.3 Å². The van der Waals surface area contributed by atoms with Crippen LogP contribution < -0.4 is 0 Å². The molecule has 1 fully saturated rings. The molecule has 0 radical (unpaired) electrons. The van der Waals surface area contributed by atoms with Crippen molar-refractivity contribution in [2.45, 2.75) is 76.5 Å². The lowest BCUT2D eigenvalue weighted by Gasteiger charge is -2.40. The SMILES string of the molecule is CC(O)C(OCCC[Si](C)(C)CC[Si](C)(C)C)N1CCN(CCN(C)C)CC1. The molecule has 1 rings (SSSR count). The van der Waals surface area contributed by atoms with Crippen LogP contribution in [0.25, 0.3) is 0 Å². The molecular formula is C21H49N3O2Si2. The van der Waals surface area contributed by atoms with Gasteiger partial charge in [-0.2, -0.15) is 0 Å². The Morgan fingerprint density at radius 2 is 1.57 bits per heavy atom. The predicted octanol–water partition coefficient (Wildman–Crippen LogP) is 3.33. The van der Waals surface area contributed by atoms with Gasteiger partial charge in [0.2, 0.25) is 0 Å². The van der Waals surface area contributed by atoms with Gasteiger partial charge in [-0.3, -0.25) is 9.80 Å². The Balaban J connectivity index is 2.34. The van der Waals surface area contributed by atoms with Crippen LogP contribution in [-0.4, -0.2) is 108 Å². The third-order valence-corrected chi connectivity index (χ3v) is 11.4. The molecule has 28 heavy (non-hydrogen) atoms. The van der Waals surface area contributed by atoms with Gasteiger partial charge in [-0.25, -0.2) is 0 Å². The lowest BCUT2D eigenvalue weighted by Crippen LogP contribution is -2.54. The fourth-order valence-electron chi connectivity index (χ4n) is 3.73. The zero-order chi connectivity index (χ0) is 21.4. The van der Waals surface area contributed by atoms with Crippen molar-refractivity contribution >= 4 is 16.1 Å². The molecule has 0 aromatic carbocycles. The summed E-state index contributed by atoms with van der Waals surface area (Å²) in [7, 11) is 2.21. The molecule has 7 heteroatoms. The van der Waals surface area contributed by atoms with Crippen LogP contribution >= 0.6 is 0 Å². The Kier molecular flexibility index (Phi) is 11.4. The van der Waals surface area contributed by atoms with Crippen molar-refractivity contribution < 1.29 is 9.84 Å². The second-order valence-electron chi connectivity index (χ2n) is 11.0. The maximum absolute atomic E-state index is 10.3. The molecule has 1 aliphatic heterocycles. The zero-order valence-electron chi connectivity index (χ0n) is 20.1. The Bertz CT molecular complexity index is 420. The Morgan fingerprint density at radius 1 is 0.964 bits per heavy atom. The molecule has 0 bridgehead atoms. The second-order valence-corrected chi connectivity index (χ2v) is 22.0. The first-order valence-corrected chi connectivity index (χ1v) is 18.4. The molecule has 0 saturated carbocycles. The van der Waals surface area contributed by atoms with Crippen LogP contribution in [0.4, 0.5) is 0 Å². The number of aliphatic hydroxyl groups excluding tert-OH is 1. The standard InChI is InChI=1S/C21H49N3O2Si2/c1-20(25)21(24-14-12-23(13-15-24)11-10-22(2)3)26-16-9-17-28(7,8)19-18-27(4,5)6/h20-21,25H,9-19H2,1-8H3. The molecule has 168 valence electrons. The maximum Gasteiger partial charge on any atom is 0.136 e. The van der Waals surface area contributed by atoms with Crippen LogP contribution in [0.5, 0.6) is 0 Å². The van der Waals surface area contributed by atoms with E-state index in [0.29, 0.717) is 0 Å². The number of piperazine rings is 1. The van der Waals surface area contributed by atoms with Crippen molar-refractivity contribution in [1.29, 1.82) is 0 Å². The van der Waals surface area contributed by atoms with Crippen LogP contribution in [0.2, 0.25) is 50.9 Å². The molecule has 0 amide bonds. The van der Waals surface area contributed by atoms with Gasteiger partial charge in [-0.05, 0) is 27.4 Å². The summed E-state index contributed by atoms with van der Waals surface area (Å²) in [5.74, 6) is 0. The summed E-state index contributed by atoms with van der Waals surface area (Å²) in [6.45, 7) is 21.5. The molecule has 5 nitrogen and oxygen atoms in total. The molecule has 2 unspecified atom stereocenters. The van der Waals surface area contributed by atoms with Crippen LogP contribution in [0.15, 0.2) is 0 Å². The van der Waals surface area contributed by atoms with E-state index < -0.39 is 22.3 Å². The summed E-state index contributed by atoms with van der Waals surface area (Å²) >= 11 is 0. The van der Waals surface area contributed by atoms with Gasteiger partial charge in [0.1, 0.15) is 6.23 Å². The largest absolute Gasteiger partial charge is 0.389 e. The highest BCUT2D eigenvalue weighted by atomic mass is 28.3. The van der Waals surface area contributed by atoms with Crippen LogP contribution in [0, 0.1) is 0 Å². The smallest absolute Gasteiger partial charge is 0.136 e. The molecule has 0 aromatic rings. The Morgan fingerprint density at radius 3 is 2.07 bits per heavy atom. The van der Waals surface area contributed by atoms with E-state index in [2.05, 4.69) is 61.5 Å². The zero-order valence-corrected chi connectivity index (χ0v) is 22.1. The predicted molar refractivity (Wildman–Crippen MR) is 128 cm³/mol. The van der Waals surface area contributed by atoms with E-state index in [1.54, 1.807) is 0 Å². The molecular weight excluding hydrogens is 382 g/mol. The number of hydrogen-bond donors (Lipinski definition) is 1. The molecule has 1 saturated heterocycles. The summed E-state index contributed by atoms with van der Waals surface area (Å²) in [6, 6.07) is 4.25. The highest BCUT2D eigenvalue weighted by molar-refractivity contribution is 6.82. The number of rotatable bonds is 13. The average molecular weight is 432 g/mol. The number of hydrogen-bond acceptors (Lipinski definition) is 5. The van der Waals surface area contributed by atoms with Gasteiger partial charge in [0.25, 0.3) is 0 Å². The van der Waals surface area contributed by atoms with E-state index >= 15 is 0 Å². The van der Waals surface area contributed by atoms with Gasteiger partial charge in [-0.1, -0.05) is 50.9 Å². The second kappa shape index (κ2) is 12.2. The van der Waals surface area contributed by atoms with E-state index in [-0.39, 0.29) is 6.23 Å². The molecule has 1 aliphatic rings. The number of aliphatic hydroxyl groups is 1. The van der Waals surface area contributed by atoms with Gasteiger partial charge < -0.3 is 14.7 Å². The van der Waals surface area contributed by atoms with Crippen molar-refractivity contribution in [3.05, 3.63) is 0 Å². The Hall–Kier alpha value is 0.234. The third-order valence-electron chi connectivity index (χ3n) is 5.88. The van der Waals surface area contributed by atoms with Gasteiger partial charge >= 0.3 is 0 Å². The minimum absolute atomic E-state index is 0.150. The average Bonchev–Trinajstić information content (AvgIpc) is 2.58. The minimum Gasteiger partial charge on any atom is -0.389 e. The van der Waals surface area contributed by atoms with Crippen LogP contribution in [0.3, 0.4) is 0 Å². The fraction of sp³-hybridized carbons (Fsp3) is 1.00. The van der Waals surface area contributed by atoms with Crippen molar-refractivity contribution in [3.63, 3.8) is 0 Å². The first kappa shape index (κ1) is 26.3. The first-order valence-electron chi connectivity index (χ1n) is 11.3. The molecule has 0 spiro atoms. The Labute approximate surface area is 177 Å². The quantitative estimate of drug-likeness (QED) is 0.358. The highest BCUT2D eigenvalue weighted by Crippen LogP contribution is 2.24. The maximum atomic E-state index is 10.3. The normalized spacial score (nSPS) is 19.9. The van der Waals surface area contributed by atoms with Crippen molar-refractivity contribution in [3.8, 4) is 0 Å². The van der Waals surface area contributed by atoms with Gasteiger partial charge in [0.15, 0.2) is 0 Å². The molecule has 1 N–H and O–H groups in total. The van der Waals surface area contributed by atoms with Gasteiger partial charge in [0, 0.05) is 62.0 Å². The highest BCUT2D eigenvalue weighted by Gasteiger charge is 2.28. The van der Waals surface area contributed by atoms with Crippen molar-refractivity contribution in [2.75, 3.05) is 60.0 Å². The number of likely N-dealkylation sites (N-methyl/N-ethyl adjacent to an activating group) is 1. The van der Waals surface area contributed by atoms with E-state index in [1.807, 2.05) is 6.92 Å². The lowest BCUT2D eigenvalue weighted by molar-refractivity contribution is -0.130. The summed E-state index contributed by atoms with van der Waals surface area (Å²) < 4.78 is 6.20. The fourth-order valence-corrected chi connectivity index (χ4v) is 10.8. The molecule has 1 heterocycles. The molecule has 0 aliphatic carbocycles. The number of ether oxygens (including phenoxy) is 1. The van der Waals surface area contributed by atoms with E-state index in [4.69, 9.17) is 4.74 Å². The lowest BCUT2D eigenvalue weighted by atomic mass is 10.2. The summed E-state index contributed by atoms with van der Waals surface area (Å²) in [5, 5.41) is 10.3. The summed E-state index contributed by atoms with van der Waals surface area (Å²) in [4.78, 5) is 7.09. The topological polar surface area (TPSA) is 39.2 Å². The van der Waals surface area contributed by atoms with E-state index in [0.717, 1.165) is 52.3 Å². The minimum atomic E-state index is -1.11. The third kappa shape index (κ3) is 11.4. The van der Waals surface area contributed by atoms with E-state index in [9.17, 15) is 5.11 Å². The summed E-state index contributed by atoms with van der Waals surface area (Å²) in [5.41, 5.74) is 0. The van der Waals surface area contributed by atoms with Gasteiger partial charge in [-0.15, -0.1) is 0 Å². The van der Waals surface area contributed by atoms with Crippen molar-refractivity contribution in [2.24, 2.45) is 0 Å². The monoisotopic (exact) mass is 431 g/mol. The van der Waals surface area contributed by atoms with Gasteiger partial charge in [0.05, 0.1) is 6.10 Å². The summed E-state index contributed by atoms with van der Waals surface area (Å²) in [6.07, 6.45) is 0.546.